The van der Waals surface area contributed by atoms with Crippen molar-refractivity contribution in [1.82, 2.24) is 0 Å². The fourth-order valence-corrected chi connectivity index (χ4v) is 4.96. The van der Waals surface area contributed by atoms with E-state index in [-0.39, 0.29) is 22.8 Å². The van der Waals surface area contributed by atoms with Gasteiger partial charge in [-0.2, -0.15) is 0 Å². The lowest BCUT2D eigenvalue weighted by molar-refractivity contribution is 0.0699. The minimum Gasteiger partial charge on any atom is -0.486 e. The maximum atomic E-state index is 14.5. The Morgan fingerprint density at radius 3 is 2.71 bits per heavy atom. The van der Waals surface area contributed by atoms with Crippen LogP contribution in [0.5, 0.6) is 5.75 Å². The number of ether oxygens (including phenoxy) is 1. The lowest BCUT2D eigenvalue weighted by Gasteiger charge is -2.13. The minimum atomic E-state index is -0.997. The van der Waals surface area contributed by atoms with Crippen LogP contribution in [0, 0.1) is 11.7 Å². The first-order valence-electron chi connectivity index (χ1n) is 9.17. The van der Waals surface area contributed by atoms with Crippen molar-refractivity contribution in [2.75, 3.05) is 0 Å². The zero-order chi connectivity index (χ0) is 20.0. The number of hydrogen-bond donors (Lipinski definition) is 2. The highest BCUT2D eigenvalue weighted by molar-refractivity contribution is 7.12. The van der Waals surface area contributed by atoms with E-state index >= 15 is 0 Å². The molecule has 1 aromatic heterocycles. The summed E-state index contributed by atoms with van der Waals surface area (Å²) in [6.07, 6.45) is 6.20. The summed E-state index contributed by atoms with van der Waals surface area (Å²) in [7, 11) is 1.63. The zero-order valence-corrected chi connectivity index (χ0v) is 16.2. The Morgan fingerprint density at radius 1 is 1.36 bits per heavy atom. The summed E-state index contributed by atoms with van der Waals surface area (Å²) >= 11 is 1.26. The number of halogens is 1. The number of aromatic carboxylic acids is 1. The van der Waals surface area contributed by atoms with Gasteiger partial charge in [-0.05, 0) is 48.3 Å². The molecule has 3 N–H and O–H groups in total. The number of fused-ring (bicyclic) bond motifs is 1. The summed E-state index contributed by atoms with van der Waals surface area (Å²) in [5.41, 5.74) is 7.64. The molecule has 0 aliphatic heterocycles. The first-order valence-corrected chi connectivity index (χ1v) is 9.99. The molecule has 0 atom stereocenters. The van der Waals surface area contributed by atoms with Crippen molar-refractivity contribution in [2.24, 2.45) is 11.7 Å². The Bertz CT molecular complexity index is 1100. The lowest BCUT2D eigenvalue weighted by atomic mass is 9.92. The van der Waals surface area contributed by atoms with Gasteiger partial charge in [0.15, 0.2) is 5.82 Å². The Kier molecular flexibility index (Phi) is 4.75. The molecular formula is C20H19BFNO4S. The summed E-state index contributed by atoms with van der Waals surface area (Å²) in [4.78, 5) is 23.3. The van der Waals surface area contributed by atoms with E-state index in [0.717, 1.165) is 41.5 Å². The second-order valence-corrected chi connectivity index (χ2v) is 8.31. The largest absolute Gasteiger partial charge is 0.486 e. The second-order valence-electron chi connectivity index (χ2n) is 7.25. The predicted octanol–water partition coefficient (Wildman–Crippen LogP) is 0.657. The van der Waals surface area contributed by atoms with Crippen molar-refractivity contribution in [1.29, 1.82) is 0 Å². The fourth-order valence-electron chi connectivity index (χ4n) is 3.82. The van der Waals surface area contributed by atoms with Crippen LogP contribution < -0.4 is 25.7 Å². The molecule has 8 heteroatoms. The van der Waals surface area contributed by atoms with Gasteiger partial charge >= 0.3 is 5.97 Å². The highest BCUT2D eigenvalue weighted by Gasteiger charge is 2.30. The van der Waals surface area contributed by atoms with Crippen molar-refractivity contribution < 1.29 is 23.8 Å². The standard InChI is InChI=1S/C20H19BFNO4S/c21-13-6-10(19(23)24)7-14(22)17(13)27-8-12-16-11(9-4-5-9)2-1-3-15(16)28-18(12)20(25)26/h3,6-7,9H,1-2,4-5,8,21H2,(H2,23,24)(H,25,26). The van der Waals surface area contributed by atoms with Crippen molar-refractivity contribution in [2.45, 2.75) is 32.3 Å². The number of amides is 1. The topological polar surface area (TPSA) is 89.6 Å². The summed E-state index contributed by atoms with van der Waals surface area (Å²) < 4.78 is 21.2. The molecule has 0 bridgehead atoms. The van der Waals surface area contributed by atoms with E-state index < -0.39 is 17.7 Å². The number of carboxylic acid groups (broad SMARTS) is 1. The lowest BCUT2D eigenvalue weighted by Crippen LogP contribution is -2.30. The molecular weight excluding hydrogens is 380 g/mol. The third-order valence-electron chi connectivity index (χ3n) is 5.24. The van der Waals surface area contributed by atoms with E-state index in [4.69, 9.17) is 10.5 Å². The maximum absolute atomic E-state index is 14.5. The molecule has 0 spiro atoms. The molecule has 1 fully saturated rings. The Balaban J connectivity index is 1.76. The van der Waals surface area contributed by atoms with Gasteiger partial charge in [-0.1, -0.05) is 17.7 Å². The quantitative estimate of drug-likeness (QED) is 0.699. The number of rotatable bonds is 6. The van der Waals surface area contributed by atoms with E-state index in [1.165, 1.54) is 23.0 Å². The highest BCUT2D eigenvalue weighted by atomic mass is 32.1. The van der Waals surface area contributed by atoms with Crippen LogP contribution in [-0.4, -0.2) is 24.8 Å². The van der Waals surface area contributed by atoms with Crippen LogP contribution in [0.15, 0.2) is 12.1 Å². The molecule has 28 heavy (non-hydrogen) atoms. The monoisotopic (exact) mass is 399 g/mol. The molecule has 0 unspecified atom stereocenters. The normalized spacial score (nSPS) is 15.7. The van der Waals surface area contributed by atoms with E-state index in [9.17, 15) is 19.1 Å². The van der Waals surface area contributed by atoms with Gasteiger partial charge in [-0.3, -0.25) is 4.79 Å². The van der Waals surface area contributed by atoms with Crippen LogP contribution in [0.1, 0.15) is 51.3 Å². The number of thiophene rings is 1. The third-order valence-corrected chi connectivity index (χ3v) is 6.45. The molecule has 0 radical (unpaired) electrons. The number of benzene rings is 1. The van der Waals surface area contributed by atoms with Crippen LogP contribution in [0.25, 0.3) is 11.6 Å². The van der Waals surface area contributed by atoms with Crippen molar-refractivity contribution in [3.8, 4) is 5.75 Å². The van der Waals surface area contributed by atoms with E-state index in [0.29, 0.717) is 16.9 Å². The van der Waals surface area contributed by atoms with Gasteiger partial charge in [0.1, 0.15) is 25.1 Å². The summed E-state index contributed by atoms with van der Waals surface area (Å²) in [5.74, 6) is -1.87. The van der Waals surface area contributed by atoms with Crippen LogP contribution in [0.3, 0.4) is 0 Å². The van der Waals surface area contributed by atoms with E-state index in [2.05, 4.69) is 6.08 Å². The zero-order valence-electron chi connectivity index (χ0n) is 15.4. The van der Waals surface area contributed by atoms with E-state index in [1.54, 1.807) is 7.85 Å². The first-order chi connectivity index (χ1) is 13.4. The number of carboxylic acids is 1. The third kappa shape index (κ3) is 3.33. The molecule has 0 saturated heterocycles. The summed E-state index contributed by atoms with van der Waals surface area (Å²) in [6, 6.07) is 2.51. The molecule has 1 saturated carbocycles. The summed E-state index contributed by atoms with van der Waals surface area (Å²) in [5, 5.41) is 10.7. The van der Waals surface area contributed by atoms with Gasteiger partial charge in [0.2, 0.25) is 5.91 Å². The van der Waals surface area contributed by atoms with Gasteiger partial charge in [0.25, 0.3) is 0 Å². The number of carbonyl (C=O) groups excluding carboxylic acids is 1. The molecule has 144 valence electrons. The number of primary amides is 1. The van der Waals surface area contributed by atoms with Crippen LogP contribution in [0.2, 0.25) is 0 Å². The second kappa shape index (κ2) is 7.09. The molecule has 1 heterocycles. The molecule has 2 aliphatic carbocycles. The average molecular weight is 399 g/mol. The molecule has 2 aromatic rings. The van der Waals surface area contributed by atoms with Crippen molar-refractivity contribution in [3.63, 3.8) is 0 Å². The van der Waals surface area contributed by atoms with Crippen LogP contribution in [-0.2, 0) is 6.61 Å². The van der Waals surface area contributed by atoms with Crippen molar-refractivity contribution in [3.05, 3.63) is 43.7 Å². The van der Waals surface area contributed by atoms with Crippen molar-refractivity contribution >= 4 is 48.2 Å². The summed E-state index contributed by atoms with van der Waals surface area (Å²) in [6.45, 7) is -0.0365. The Labute approximate surface area is 165 Å². The molecule has 4 rings (SSSR count). The molecule has 2 aliphatic rings. The number of nitrogens with two attached hydrogens (primary N) is 1. The average Bonchev–Trinajstić information content (AvgIpc) is 3.41. The Morgan fingerprint density at radius 2 is 2.11 bits per heavy atom. The number of hydrogen-bond acceptors (Lipinski definition) is 4. The van der Waals surface area contributed by atoms with E-state index in [1.807, 2.05) is 0 Å². The minimum absolute atomic E-state index is 0.00838. The smallest absolute Gasteiger partial charge is 0.346 e. The molecule has 1 aromatic carbocycles. The maximum Gasteiger partial charge on any atom is 0.346 e. The van der Waals surface area contributed by atoms with Crippen LogP contribution >= 0.6 is 11.3 Å². The van der Waals surface area contributed by atoms with Gasteiger partial charge in [-0.25, -0.2) is 9.18 Å². The molecule has 5 nitrogen and oxygen atoms in total. The fraction of sp³-hybridized carbons (Fsp3) is 0.300. The van der Waals surface area contributed by atoms with Gasteiger partial charge in [0, 0.05) is 15.7 Å². The van der Waals surface area contributed by atoms with Gasteiger partial charge in [-0.15, -0.1) is 11.3 Å². The predicted molar refractivity (Wildman–Crippen MR) is 108 cm³/mol. The first kappa shape index (κ1) is 18.7. The van der Waals surface area contributed by atoms with Gasteiger partial charge < -0.3 is 15.6 Å². The SMILES string of the molecule is Bc1cc(C(N)=O)cc(F)c1OCc1c(C(=O)O)sc2c1=C(C1CC1)CCC=2. The highest BCUT2D eigenvalue weighted by Crippen LogP contribution is 2.40. The van der Waals surface area contributed by atoms with Gasteiger partial charge in [0.05, 0.1) is 0 Å². The Hall–Kier alpha value is -2.61. The van der Waals surface area contributed by atoms with Crippen LogP contribution in [0.4, 0.5) is 4.39 Å². The number of carbonyl (C=O) groups is 2. The molecule has 1 amide bonds.